The predicted molar refractivity (Wildman–Crippen MR) is 98.0 cm³/mol. The Bertz CT molecular complexity index is 738. The number of carbonyl (C=O) groups is 3. The summed E-state index contributed by atoms with van der Waals surface area (Å²) in [5, 5.41) is 0. The van der Waals surface area contributed by atoms with E-state index < -0.39 is 17.6 Å². The van der Waals surface area contributed by atoms with Gasteiger partial charge in [0.1, 0.15) is 11.4 Å². The SMILES string of the molecule is COc1ccc(CN2C(=O)[C@H]3CN(C(=O)OC(C)(C)C)CC[C@H]3C2=O)cc1. The lowest BCUT2D eigenvalue weighted by atomic mass is 9.88. The number of rotatable bonds is 3. The molecule has 2 heterocycles. The highest BCUT2D eigenvalue weighted by atomic mass is 16.6. The van der Waals surface area contributed by atoms with Gasteiger partial charge in [-0.05, 0) is 44.9 Å². The van der Waals surface area contributed by atoms with E-state index >= 15 is 0 Å². The minimum absolute atomic E-state index is 0.148. The van der Waals surface area contributed by atoms with Crippen LogP contribution >= 0.6 is 0 Å². The zero-order valence-electron chi connectivity index (χ0n) is 16.2. The molecule has 0 unspecified atom stereocenters. The number of hydrogen-bond donors (Lipinski definition) is 0. The van der Waals surface area contributed by atoms with Crippen LogP contribution in [0, 0.1) is 11.8 Å². The third-order valence-corrected chi connectivity index (χ3v) is 4.93. The van der Waals surface area contributed by atoms with Gasteiger partial charge in [0.15, 0.2) is 0 Å². The van der Waals surface area contributed by atoms with E-state index in [0.717, 1.165) is 11.3 Å². The van der Waals surface area contributed by atoms with Crippen molar-refractivity contribution in [2.45, 2.75) is 39.3 Å². The van der Waals surface area contributed by atoms with Crippen LogP contribution in [-0.4, -0.2) is 53.5 Å². The Labute approximate surface area is 159 Å². The molecule has 0 saturated carbocycles. The van der Waals surface area contributed by atoms with Gasteiger partial charge in [-0.3, -0.25) is 14.5 Å². The first-order valence-corrected chi connectivity index (χ1v) is 9.15. The fourth-order valence-corrected chi connectivity index (χ4v) is 3.57. The number of benzene rings is 1. The van der Waals surface area contributed by atoms with Crippen LogP contribution in [0.1, 0.15) is 32.8 Å². The summed E-state index contributed by atoms with van der Waals surface area (Å²) in [7, 11) is 1.59. The molecule has 2 saturated heterocycles. The van der Waals surface area contributed by atoms with Crippen molar-refractivity contribution in [2.24, 2.45) is 11.8 Å². The normalized spacial score (nSPS) is 22.7. The van der Waals surface area contributed by atoms with E-state index in [1.165, 1.54) is 9.80 Å². The fourth-order valence-electron chi connectivity index (χ4n) is 3.57. The average molecular weight is 374 g/mol. The zero-order chi connectivity index (χ0) is 19.8. The van der Waals surface area contributed by atoms with E-state index in [9.17, 15) is 14.4 Å². The first-order valence-electron chi connectivity index (χ1n) is 9.15. The van der Waals surface area contributed by atoms with Gasteiger partial charge in [0.25, 0.3) is 0 Å². The second-order valence-corrected chi connectivity index (χ2v) is 8.04. The number of methoxy groups -OCH3 is 1. The van der Waals surface area contributed by atoms with Crippen molar-refractivity contribution in [1.82, 2.24) is 9.80 Å². The van der Waals surface area contributed by atoms with Gasteiger partial charge in [-0.15, -0.1) is 0 Å². The Kier molecular flexibility index (Phi) is 5.13. The van der Waals surface area contributed by atoms with Crippen LogP contribution in [0.25, 0.3) is 0 Å². The highest BCUT2D eigenvalue weighted by Gasteiger charge is 2.50. The van der Waals surface area contributed by atoms with E-state index in [4.69, 9.17) is 9.47 Å². The van der Waals surface area contributed by atoms with Crippen LogP contribution in [0.15, 0.2) is 24.3 Å². The monoisotopic (exact) mass is 374 g/mol. The molecule has 7 heteroatoms. The number of piperidine rings is 1. The first-order chi connectivity index (χ1) is 12.7. The largest absolute Gasteiger partial charge is 0.497 e. The lowest BCUT2D eigenvalue weighted by molar-refractivity contribution is -0.140. The van der Waals surface area contributed by atoms with Crippen LogP contribution in [0.4, 0.5) is 4.79 Å². The predicted octanol–water partition coefficient (Wildman–Crippen LogP) is 2.44. The zero-order valence-corrected chi connectivity index (χ0v) is 16.2. The summed E-state index contributed by atoms with van der Waals surface area (Å²) in [5.41, 5.74) is 0.268. The first kappa shape index (κ1) is 19.2. The maximum atomic E-state index is 12.8. The molecule has 2 aliphatic heterocycles. The van der Waals surface area contributed by atoms with Gasteiger partial charge in [0.2, 0.25) is 11.8 Å². The lowest BCUT2D eigenvalue weighted by Crippen LogP contribution is -2.46. The van der Waals surface area contributed by atoms with E-state index in [0.29, 0.717) is 13.0 Å². The number of imide groups is 1. The molecule has 0 N–H and O–H groups in total. The second-order valence-electron chi connectivity index (χ2n) is 8.04. The number of carbonyl (C=O) groups excluding carboxylic acids is 3. The molecular formula is C20H26N2O5. The van der Waals surface area contributed by atoms with E-state index in [1.807, 2.05) is 12.1 Å². The maximum absolute atomic E-state index is 12.8. The van der Waals surface area contributed by atoms with Gasteiger partial charge in [-0.25, -0.2) is 4.79 Å². The van der Waals surface area contributed by atoms with Gasteiger partial charge < -0.3 is 14.4 Å². The highest BCUT2D eigenvalue weighted by molar-refractivity contribution is 6.05. The van der Waals surface area contributed by atoms with Crippen molar-refractivity contribution in [3.05, 3.63) is 29.8 Å². The summed E-state index contributed by atoms with van der Waals surface area (Å²) in [5.74, 6) is -0.482. The Morgan fingerprint density at radius 3 is 2.33 bits per heavy atom. The smallest absolute Gasteiger partial charge is 0.410 e. The molecule has 0 bridgehead atoms. The molecule has 0 radical (unpaired) electrons. The molecule has 1 aromatic carbocycles. The average Bonchev–Trinajstić information content (AvgIpc) is 2.85. The molecule has 2 aliphatic rings. The van der Waals surface area contributed by atoms with Gasteiger partial charge in [-0.2, -0.15) is 0 Å². The summed E-state index contributed by atoms with van der Waals surface area (Å²) >= 11 is 0. The third kappa shape index (κ3) is 4.07. The van der Waals surface area contributed by atoms with Gasteiger partial charge >= 0.3 is 6.09 Å². The molecule has 0 spiro atoms. The molecule has 0 aromatic heterocycles. The number of amides is 3. The van der Waals surface area contributed by atoms with Crippen LogP contribution in [0.2, 0.25) is 0 Å². The minimum atomic E-state index is -0.593. The molecule has 1 aromatic rings. The Morgan fingerprint density at radius 1 is 1.11 bits per heavy atom. The topological polar surface area (TPSA) is 76.2 Å². The molecule has 2 fully saturated rings. The number of nitrogens with zero attached hydrogens (tertiary/aromatic N) is 2. The Morgan fingerprint density at radius 2 is 1.74 bits per heavy atom. The van der Waals surface area contributed by atoms with E-state index in [-0.39, 0.29) is 30.8 Å². The van der Waals surface area contributed by atoms with Crippen LogP contribution in [-0.2, 0) is 20.9 Å². The molecule has 146 valence electrons. The quantitative estimate of drug-likeness (QED) is 0.760. The van der Waals surface area contributed by atoms with Crippen molar-refractivity contribution >= 4 is 17.9 Å². The summed E-state index contributed by atoms with van der Waals surface area (Å²) < 4.78 is 10.5. The fraction of sp³-hybridized carbons (Fsp3) is 0.550. The van der Waals surface area contributed by atoms with Gasteiger partial charge in [-0.1, -0.05) is 12.1 Å². The Balaban J connectivity index is 1.68. The van der Waals surface area contributed by atoms with Gasteiger partial charge in [0, 0.05) is 13.1 Å². The Hall–Kier alpha value is -2.57. The summed E-state index contributed by atoms with van der Waals surface area (Å²) in [6.45, 7) is 6.30. The summed E-state index contributed by atoms with van der Waals surface area (Å²) in [6.07, 6.45) is 0.0444. The molecule has 3 amide bonds. The van der Waals surface area contributed by atoms with Gasteiger partial charge in [0.05, 0.1) is 25.5 Å². The third-order valence-electron chi connectivity index (χ3n) is 4.93. The van der Waals surface area contributed by atoms with Crippen molar-refractivity contribution in [2.75, 3.05) is 20.2 Å². The minimum Gasteiger partial charge on any atom is -0.497 e. The second kappa shape index (κ2) is 7.21. The molecule has 27 heavy (non-hydrogen) atoms. The van der Waals surface area contributed by atoms with Crippen LogP contribution < -0.4 is 4.74 Å². The number of fused-ring (bicyclic) bond motifs is 1. The summed E-state index contributed by atoms with van der Waals surface area (Å²) in [6, 6.07) is 7.29. The molecule has 0 aliphatic carbocycles. The van der Waals surface area contributed by atoms with Crippen molar-refractivity contribution in [1.29, 1.82) is 0 Å². The van der Waals surface area contributed by atoms with E-state index in [2.05, 4.69) is 0 Å². The van der Waals surface area contributed by atoms with Crippen molar-refractivity contribution < 1.29 is 23.9 Å². The van der Waals surface area contributed by atoms with Crippen molar-refractivity contribution in [3.63, 3.8) is 0 Å². The van der Waals surface area contributed by atoms with Crippen LogP contribution in [0.5, 0.6) is 5.75 Å². The van der Waals surface area contributed by atoms with Crippen molar-refractivity contribution in [3.8, 4) is 5.75 Å². The molecule has 3 rings (SSSR count). The van der Waals surface area contributed by atoms with E-state index in [1.54, 1.807) is 40.0 Å². The maximum Gasteiger partial charge on any atom is 0.410 e. The molecule has 2 atom stereocenters. The van der Waals surface area contributed by atoms with Crippen LogP contribution in [0.3, 0.4) is 0 Å². The number of hydrogen-bond acceptors (Lipinski definition) is 5. The molecule has 7 nitrogen and oxygen atoms in total. The summed E-state index contributed by atoms with van der Waals surface area (Å²) in [4.78, 5) is 40.7. The molecular weight excluding hydrogens is 348 g/mol. The highest BCUT2D eigenvalue weighted by Crippen LogP contribution is 2.35. The number of ether oxygens (including phenoxy) is 2. The lowest BCUT2D eigenvalue weighted by Gasteiger charge is -2.33. The number of likely N-dealkylation sites (tertiary alicyclic amines) is 2. The standard InChI is InChI=1S/C20H26N2O5/c1-20(2,3)27-19(25)21-10-9-15-16(12-21)18(24)22(17(15)23)11-13-5-7-14(26-4)8-6-13/h5-8,15-16H,9-12H2,1-4H3/t15-,16+/m1/s1.